The first-order valence-corrected chi connectivity index (χ1v) is 10.7. The van der Waals surface area contributed by atoms with E-state index in [1.807, 2.05) is 30.3 Å². The van der Waals surface area contributed by atoms with Crippen LogP contribution in [-0.2, 0) is 23.2 Å². The summed E-state index contributed by atoms with van der Waals surface area (Å²) in [5, 5.41) is 2.96. The molecule has 0 aromatic heterocycles. The summed E-state index contributed by atoms with van der Waals surface area (Å²) in [6.07, 6.45) is 1.63. The van der Waals surface area contributed by atoms with Gasteiger partial charge in [0.2, 0.25) is 0 Å². The van der Waals surface area contributed by atoms with Crippen molar-refractivity contribution in [1.29, 1.82) is 5.53 Å². The van der Waals surface area contributed by atoms with Gasteiger partial charge in [-0.3, -0.25) is 4.79 Å². The van der Waals surface area contributed by atoms with Crippen LogP contribution in [0.25, 0.3) is 0 Å². The lowest BCUT2D eigenvalue weighted by molar-refractivity contribution is -0.118. The lowest BCUT2D eigenvalue weighted by atomic mass is 9.76. The second-order valence-corrected chi connectivity index (χ2v) is 8.18. The summed E-state index contributed by atoms with van der Waals surface area (Å²) in [5.41, 5.74) is 11.9. The van der Waals surface area contributed by atoms with Crippen LogP contribution in [0.3, 0.4) is 0 Å². The molecule has 164 valence electrons. The fraction of sp³-hybridized carbons (Fsp3) is 0.269. The van der Waals surface area contributed by atoms with Gasteiger partial charge in [-0.15, -0.1) is 5.11 Å². The van der Waals surface area contributed by atoms with Gasteiger partial charge in [-0.05, 0) is 78.4 Å². The maximum Gasteiger partial charge on any atom is 0.264 e. The number of nitrogens with zero attached hydrogens (tertiary/aromatic N) is 2. The molecule has 0 saturated carbocycles. The first-order chi connectivity index (χ1) is 15.5. The summed E-state index contributed by atoms with van der Waals surface area (Å²) in [4.78, 5) is 13.7. The molecule has 0 radical (unpaired) electrons. The highest BCUT2D eigenvalue weighted by Gasteiger charge is 2.40. The molecule has 1 atom stereocenters. The quantitative estimate of drug-likeness (QED) is 0.513. The number of fused-ring (bicyclic) bond motifs is 1. The van der Waals surface area contributed by atoms with E-state index in [4.69, 9.17) is 10.3 Å². The lowest BCUT2D eigenvalue weighted by Gasteiger charge is -2.48. The number of halogens is 1. The zero-order valence-electron chi connectivity index (χ0n) is 18.3. The number of nitrogens with one attached hydrogen (secondary N) is 1. The van der Waals surface area contributed by atoms with Crippen LogP contribution < -0.4 is 9.64 Å². The van der Waals surface area contributed by atoms with Crippen LogP contribution in [0, 0.1) is 11.3 Å². The summed E-state index contributed by atoms with van der Waals surface area (Å²) in [6.45, 7) is 2.97. The van der Waals surface area contributed by atoms with E-state index in [9.17, 15) is 9.18 Å². The van der Waals surface area contributed by atoms with E-state index in [-0.39, 0.29) is 12.2 Å². The second kappa shape index (κ2) is 8.91. The van der Waals surface area contributed by atoms with Gasteiger partial charge in [-0.2, -0.15) is 0 Å². The molecule has 0 saturated heterocycles. The van der Waals surface area contributed by atoms with Gasteiger partial charge in [0.1, 0.15) is 11.6 Å². The Morgan fingerprint density at radius 2 is 1.84 bits per heavy atom. The molecule has 3 aromatic carbocycles. The van der Waals surface area contributed by atoms with E-state index < -0.39 is 11.4 Å². The Labute approximate surface area is 187 Å². The van der Waals surface area contributed by atoms with E-state index >= 15 is 0 Å². The van der Waals surface area contributed by atoms with Crippen LogP contribution in [-0.4, -0.2) is 19.6 Å². The van der Waals surface area contributed by atoms with Crippen LogP contribution in [0.1, 0.15) is 35.6 Å². The lowest BCUT2D eigenvalue weighted by Crippen LogP contribution is -2.49. The number of carbonyl (C=O) groups is 1. The van der Waals surface area contributed by atoms with E-state index in [2.05, 4.69) is 41.2 Å². The highest BCUT2D eigenvalue weighted by Crippen LogP contribution is 2.44. The van der Waals surface area contributed by atoms with Crippen LogP contribution in [0.4, 0.5) is 10.1 Å². The van der Waals surface area contributed by atoms with E-state index in [1.54, 1.807) is 7.11 Å². The second-order valence-electron chi connectivity index (χ2n) is 8.18. The molecular weight excluding hydrogens is 405 g/mol. The Balaban J connectivity index is 1.77. The number of hydrogen-bond acceptors (Lipinski definition) is 4. The molecule has 1 aliphatic rings. The Kier molecular flexibility index (Phi) is 6.04. The minimum absolute atomic E-state index is 0.227. The highest BCUT2D eigenvalue weighted by atomic mass is 19.1. The molecule has 0 fully saturated rings. The predicted molar refractivity (Wildman–Crippen MR) is 122 cm³/mol. The number of hydrogen-bond donors (Lipinski definition) is 1. The average Bonchev–Trinajstić information content (AvgIpc) is 2.83. The molecule has 32 heavy (non-hydrogen) atoms. The van der Waals surface area contributed by atoms with Gasteiger partial charge in [-0.1, -0.05) is 30.3 Å². The molecule has 1 aliphatic heterocycles. The Morgan fingerprint density at radius 1 is 1.12 bits per heavy atom. The van der Waals surface area contributed by atoms with Crippen molar-refractivity contribution in [3.05, 3.63) is 94.8 Å². The zero-order chi connectivity index (χ0) is 22.7. The van der Waals surface area contributed by atoms with Gasteiger partial charge >= 0.3 is 0 Å². The monoisotopic (exact) mass is 431 g/mol. The van der Waals surface area contributed by atoms with E-state index in [0.29, 0.717) is 6.42 Å². The number of amides is 1. The molecule has 4 rings (SSSR count). The van der Waals surface area contributed by atoms with Crippen LogP contribution in [0.2, 0.25) is 0 Å². The molecule has 0 aliphatic carbocycles. The minimum Gasteiger partial charge on any atom is -0.497 e. The summed E-state index contributed by atoms with van der Waals surface area (Å²) in [5.74, 6) is 0.163. The molecule has 1 heterocycles. The standard InChI is InChI=1S/C26H26FN3O2/c1-26(20-6-3-18(4-7-20)5-14-25(31)29-28)24-13-12-23(32-2)17-19(24)15-16-30(26)22-10-8-21(27)9-11-22/h3-4,6-13,17,28H,5,14-16H2,1-2H3. The van der Waals surface area contributed by atoms with E-state index in [1.165, 1.54) is 23.3 Å². The number of aryl methyl sites for hydroxylation is 1. The first kappa shape index (κ1) is 21.7. The third-order valence-corrected chi connectivity index (χ3v) is 6.39. The predicted octanol–water partition coefficient (Wildman–Crippen LogP) is 5.65. The van der Waals surface area contributed by atoms with Gasteiger partial charge < -0.3 is 9.64 Å². The SMILES string of the molecule is COc1ccc2c(c1)CCN(c1ccc(F)cc1)C2(C)c1ccc(CCC(=O)N=N)cc1. The maximum absolute atomic E-state index is 13.6. The normalized spacial score (nSPS) is 17.5. The van der Waals surface area contributed by atoms with Crippen molar-refractivity contribution in [2.45, 2.75) is 31.7 Å². The number of carbonyl (C=O) groups excluding carboxylic acids is 1. The van der Waals surface area contributed by atoms with Gasteiger partial charge in [0.15, 0.2) is 0 Å². The third kappa shape index (κ3) is 4.00. The van der Waals surface area contributed by atoms with Gasteiger partial charge in [0.05, 0.1) is 12.6 Å². The maximum atomic E-state index is 13.6. The van der Waals surface area contributed by atoms with Crippen molar-refractivity contribution in [2.24, 2.45) is 5.11 Å². The van der Waals surface area contributed by atoms with Crippen molar-refractivity contribution in [1.82, 2.24) is 0 Å². The number of ether oxygens (including phenoxy) is 1. The van der Waals surface area contributed by atoms with Crippen LogP contribution >= 0.6 is 0 Å². The third-order valence-electron chi connectivity index (χ3n) is 6.39. The van der Waals surface area contributed by atoms with Gasteiger partial charge in [0, 0.05) is 18.7 Å². The van der Waals surface area contributed by atoms with Crippen LogP contribution in [0.5, 0.6) is 5.75 Å². The molecule has 0 bridgehead atoms. The molecule has 1 amide bonds. The smallest absolute Gasteiger partial charge is 0.264 e. The molecule has 6 heteroatoms. The number of methoxy groups -OCH3 is 1. The van der Waals surface area contributed by atoms with Crippen molar-refractivity contribution in [3.8, 4) is 5.75 Å². The number of rotatable bonds is 6. The summed E-state index contributed by atoms with van der Waals surface area (Å²) in [6, 6.07) is 21.1. The Bertz CT molecular complexity index is 1130. The summed E-state index contributed by atoms with van der Waals surface area (Å²) in [7, 11) is 1.67. The van der Waals surface area contributed by atoms with Crippen LogP contribution in [0.15, 0.2) is 71.8 Å². The number of benzene rings is 3. The molecule has 5 nitrogen and oxygen atoms in total. The summed E-state index contributed by atoms with van der Waals surface area (Å²) < 4.78 is 19.1. The van der Waals surface area contributed by atoms with Gasteiger partial charge in [0.25, 0.3) is 5.91 Å². The topological polar surface area (TPSA) is 65.8 Å². The van der Waals surface area contributed by atoms with Gasteiger partial charge in [-0.25, -0.2) is 9.92 Å². The minimum atomic E-state index is -0.470. The molecule has 1 unspecified atom stereocenters. The number of anilines is 1. The fourth-order valence-electron chi connectivity index (χ4n) is 4.60. The van der Waals surface area contributed by atoms with Crippen molar-refractivity contribution in [3.63, 3.8) is 0 Å². The highest BCUT2D eigenvalue weighted by molar-refractivity contribution is 5.76. The summed E-state index contributed by atoms with van der Waals surface area (Å²) >= 11 is 0. The average molecular weight is 432 g/mol. The molecule has 1 N–H and O–H groups in total. The fourth-order valence-corrected chi connectivity index (χ4v) is 4.60. The Morgan fingerprint density at radius 3 is 2.50 bits per heavy atom. The van der Waals surface area contributed by atoms with Crippen molar-refractivity contribution >= 4 is 11.6 Å². The largest absolute Gasteiger partial charge is 0.497 e. The molecule has 0 spiro atoms. The first-order valence-electron chi connectivity index (χ1n) is 10.7. The van der Waals surface area contributed by atoms with Crippen molar-refractivity contribution < 1.29 is 13.9 Å². The van der Waals surface area contributed by atoms with Crippen molar-refractivity contribution in [2.75, 3.05) is 18.6 Å². The molecular formula is C26H26FN3O2. The van der Waals surface area contributed by atoms with E-state index in [0.717, 1.165) is 35.5 Å². The Hall–Kier alpha value is -3.54. The molecule has 3 aromatic rings. The zero-order valence-corrected chi connectivity index (χ0v) is 18.3.